The van der Waals surface area contributed by atoms with Gasteiger partial charge in [0.2, 0.25) is 0 Å². The van der Waals surface area contributed by atoms with Crippen molar-refractivity contribution in [2.24, 2.45) is 0 Å². The third kappa shape index (κ3) is 3.05. The van der Waals surface area contributed by atoms with Gasteiger partial charge in [0.1, 0.15) is 11.6 Å². The molecule has 0 spiro atoms. The van der Waals surface area contributed by atoms with E-state index in [0.29, 0.717) is 12.4 Å². The molecule has 0 bridgehead atoms. The van der Waals surface area contributed by atoms with Crippen LogP contribution < -0.4 is 10.1 Å². The lowest BCUT2D eigenvalue weighted by Crippen LogP contribution is -2.02. The van der Waals surface area contributed by atoms with Gasteiger partial charge in [0.15, 0.2) is 5.82 Å². The summed E-state index contributed by atoms with van der Waals surface area (Å²) < 4.78 is 10.6. The van der Waals surface area contributed by atoms with Crippen molar-refractivity contribution in [3.63, 3.8) is 0 Å². The van der Waals surface area contributed by atoms with Crippen LogP contribution >= 0.6 is 0 Å². The van der Waals surface area contributed by atoms with E-state index in [-0.39, 0.29) is 0 Å². The molecule has 0 aliphatic carbocycles. The van der Waals surface area contributed by atoms with Crippen LogP contribution in [0.3, 0.4) is 0 Å². The standard InChI is InChI=1S/C15H19N3O2/c1-10-5-6-12(13(7-10)20-4)15-17-11(9-19-3)8-14(16-2)18-15/h5-8H,9H2,1-4H3,(H,16,17,18). The molecule has 0 fully saturated rings. The Morgan fingerprint density at radius 3 is 2.60 bits per heavy atom. The number of anilines is 1. The van der Waals surface area contributed by atoms with Crippen LogP contribution in [0.5, 0.6) is 5.75 Å². The van der Waals surface area contributed by atoms with Crippen molar-refractivity contribution in [3.05, 3.63) is 35.5 Å². The van der Waals surface area contributed by atoms with Gasteiger partial charge >= 0.3 is 0 Å². The number of benzene rings is 1. The van der Waals surface area contributed by atoms with Crippen molar-refractivity contribution in [3.8, 4) is 17.1 Å². The number of nitrogens with zero attached hydrogens (tertiary/aromatic N) is 2. The summed E-state index contributed by atoms with van der Waals surface area (Å²) in [5.74, 6) is 2.15. The molecule has 0 amide bonds. The lowest BCUT2D eigenvalue weighted by atomic mass is 10.1. The second-order valence-electron chi connectivity index (χ2n) is 4.45. The largest absolute Gasteiger partial charge is 0.496 e. The van der Waals surface area contributed by atoms with Crippen LogP contribution in [-0.4, -0.2) is 31.2 Å². The number of aryl methyl sites for hydroxylation is 1. The molecule has 5 heteroatoms. The molecule has 1 aromatic heterocycles. The summed E-state index contributed by atoms with van der Waals surface area (Å²) in [6, 6.07) is 7.83. The molecule has 0 aliphatic heterocycles. The van der Waals surface area contributed by atoms with Crippen molar-refractivity contribution in [1.29, 1.82) is 0 Å². The van der Waals surface area contributed by atoms with Crippen molar-refractivity contribution < 1.29 is 9.47 Å². The molecular weight excluding hydrogens is 254 g/mol. The first kappa shape index (κ1) is 14.3. The third-order valence-electron chi connectivity index (χ3n) is 2.93. The Balaban J connectivity index is 2.53. The summed E-state index contributed by atoms with van der Waals surface area (Å²) in [5.41, 5.74) is 2.82. The highest BCUT2D eigenvalue weighted by molar-refractivity contribution is 5.66. The lowest BCUT2D eigenvalue weighted by molar-refractivity contribution is 0.181. The number of ether oxygens (including phenoxy) is 2. The van der Waals surface area contributed by atoms with Crippen LogP contribution in [-0.2, 0) is 11.3 Å². The minimum Gasteiger partial charge on any atom is -0.496 e. The van der Waals surface area contributed by atoms with Crippen molar-refractivity contribution >= 4 is 5.82 Å². The number of hydrogen-bond donors (Lipinski definition) is 1. The van der Waals surface area contributed by atoms with E-state index in [0.717, 1.165) is 28.4 Å². The minimum absolute atomic E-state index is 0.443. The maximum Gasteiger partial charge on any atom is 0.165 e. The molecule has 0 saturated carbocycles. The van der Waals surface area contributed by atoms with Gasteiger partial charge < -0.3 is 14.8 Å². The lowest BCUT2D eigenvalue weighted by Gasteiger charge is -2.11. The van der Waals surface area contributed by atoms with E-state index >= 15 is 0 Å². The molecule has 106 valence electrons. The monoisotopic (exact) mass is 273 g/mol. The summed E-state index contributed by atoms with van der Waals surface area (Å²) in [6.45, 7) is 2.46. The predicted molar refractivity (Wildman–Crippen MR) is 79.0 cm³/mol. The van der Waals surface area contributed by atoms with E-state index in [1.165, 1.54) is 0 Å². The zero-order chi connectivity index (χ0) is 14.5. The van der Waals surface area contributed by atoms with Gasteiger partial charge in [-0.2, -0.15) is 0 Å². The molecule has 2 rings (SSSR count). The molecule has 5 nitrogen and oxygen atoms in total. The molecule has 20 heavy (non-hydrogen) atoms. The van der Waals surface area contributed by atoms with Gasteiger partial charge in [-0.1, -0.05) is 6.07 Å². The van der Waals surface area contributed by atoms with Crippen LogP contribution in [0.4, 0.5) is 5.82 Å². The van der Waals surface area contributed by atoms with E-state index in [1.54, 1.807) is 14.2 Å². The van der Waals surface area contributed by atoms with E-state index in [1.807, 2.05) is 38.2 Å². The topological polar surface area (TPSA) is 56.3 Å². The fourth-order valence-electron chi connectivity index (χ4n) is 1.95. The summed E-state index contributed by atoms with van der Waals surface area (Å²) in [4.78, 5) is 9.01. The molecule has 1 heterocycles. The maximum absolute atomic E-state index is 5.42. The Morgan fingerprint density at radius 1 is 1.15 bits per heavy atom. The third-order valence-corrected chi connectivity index (χ3v) is 2.93. The molecule has 0 saturated heterocycles. The van der Waals surface area contributed by atoms with E-state index in [9.17, 15) is 0 Å². The molecule has 0 unspecified atom stereocenters. The molecule has 2 aromatic rings. The first-order chi connectivity index (χ1) is 9.67. The Morgan fingerprint density at radius 2 is 1.95 bits per heavy atom. The van der Waals surface area contributed by atoms with Crippen LogP contribution in [0, 0.1) is 6.92 Å². The average molecular weight is 273 g/mol. The molecular formula is C15H19N3O2. The fraction of sp³-hybridized carbons (Fsp3) is 0.333. The average Bonchev–Trinajstić information content (AvgIpc) is 2.47. The van der Waals surface area contributed by atoms with Gasteiger partial charge in [0.25, 0.3) is 0 Å². The normalized spacial score (nSPS) is 10.4. The van der Waals surface area contributed by atoms with E-state index in [2.05, 4.69) is 15.3 Å². The number of aromatic nitrogens is 2. The minimum atomic E-state index is 0.443. The second kappa shape index (κ2) is 6.34. The van der Waals surface area contributed by atoms with Crippen molar-refractivity contribution in [2.45, 2.75) is 13.5 Å². The van der Waals surface area contributed by atoms with Gasteiger partial charge in [-0.15, -0.1) is 0 Å². The molecule has 1 aromatic carbocycles. The summed E-state index contributed by atoms with van der Waals surface area (Å²) in [5, 5.41) is 3.04. The molecule has 1 N–H and O–H groups in total. The zero-order valence-corrected chi connectivity index (χ0v) is 12.2. The highest BCUT2D eigenvalue weighted by atomic mass is 16.5. The number of methoxy groups -OCH3 is 2. The van der Waals surface area contributed by atoms with Crippen LogP contribution in [0.25, 0.3) is 11.4 Å². The Hall–Kier alpha value is -2.14. The van der Waals surface area contributed by atoms with Crippen LogP contribution in [0.2, 0.25) is 0 Å². The highest BCUT2D eigenvalue weighted by Crippen LogP contribution is 2.29. The smallest absolute Gasteiger partial charge is 0.165 e. The predicted octanol–water partition coefficient (Wildman–Crippen LogP) is 2.65. The van der Waals surface area contributed by atoms with Crippen molar-refractivity contribution in [2.75, 3.05) is 26.6 Å². The Bertz CT molecular complexity index is 600. The van der Waals surface area contributed by atoms with Crippen LogP contribution in [0.1, 0.15) is 11.3 Å². The summed E-state index contributed by atoms with van der Waals surface area (Å²) in [6.07, 6.45) is 0. The second-order valence-corrected chi connectivity index (χ2v) is 4.45. The van der Waals surface area contributed by atoms with E-state index < -0.39 is 0 Å². The number of rotatable bonds is 5. The number of hydrogen-bond acceptors (Lipinski definition) is 5. The molecule has 0 radical (unpaired) electrons. The zero-order valence-electron chi connectivity index (χ0n) is 12.2. The summed E-state index contributed by atoms with van der Waals surface area (Å²) >= 11 is 0. The fourth-order valence-corrected chi connectivity index (χ4v) is 1.95. The summed E-state index contributed by atoms with van der Waals surface area (Å²) in [7, 11) is 5.12. The Kier molecular flexibility index (Phi) is 4.53. The quantitative estimate of drug-likeness (QED) is 0.907. The van der Waals surface area contributed by atoms with Gasteiger partial charge in [-0.25, -0.2) is 9.97 Å². The SMILES string of the molecule is CNc1cc(COC)nc(-c2ccc(C)cc2OC)n1. The van der Waals surface area contributed by atoms with Gasteiger partial charge in [-0.3, -0.25) is 0 Å². The van der Waals surface area contributed by atoms with Gasteiger partial charge in [0.05, 0.1) is 25.0 Å². The van der Waals surface area contributed by atoms with Gasteiger partial charge in [0, 0.05) is 20.2 Å². The van der Waals surface area contributed by atoms with Crippen molar-refractivity contribution in [1.82, 2.24) is 9.97 Å². The molecule has 0 atom stereocenters. The highest BCUT2D eigenvalue weighted by Gasteiger charge is 2.11. The maximum atomic E-state index is 5.42. The van der Waals surface area contributed by atoms with Gasteiger partial charge in [-0.05, 0) is 24.6 Å². The first-order valence-electron chi connectivity index (χ1n) is 6.37. The molecule has 0 aliphatic rings. The number of nitrogens with one attached hydrogen (secondary N) is 1. The first-order valence-corrected chi connectivity index (χ1v) is 6.37. The van der Waals surface area contributed by atoms with Crippen LogP contribution in [0.15, 0.2) is 24.3 Å². The van der Waals surface area contributed by atoms with E-state index in [4.69, 9.17) is 9.47 Å². The Labute approximate surface area is 119 Å².